The summed E-state index contributed by atoms with van der Waals surface area (Å²) in [6.45, 7) is 5.74. The Bertz CT molecular complexity index is 418. The zero-order valence-electron chi connectivity index (χ0n) is 12.5. The summed E-state index contributed by atoms with van der Waals surface area (Å²) < 4.78 is 7.56. The van der Waals surface area contributed by atoms with Gasteiger partial charge < -0.3 is 10.5 Å². The Balaban J connectivity index is 2.23. The predicted molar refractivity (Wildman–Crippen MR) is 76.0 cm³/mol. The van der Waals surface area contributed by atoms with E-state index in [1.165, 1.54) is 5.56 Å². The highest BCUT2D eigenvalue weighted by Gasteiger charge is 2.33. The van der Waals surface area contributed by atoms with Gasteiger partial charge in [0, 0.05) is 38.0 Å². The van der Waals surface area contributed by atoms with Crippen molar-refractivity contribution in [1.82, 2.24) is 14.7 Å². The van der Waals surface area contributed by atoms with Crippen LogP contribution < -0.4 is 5.73 Å². The van der Waals surface area contributed by atoms with E-state index in [1.54, 1.807) is 0 Å². The largest absolute Gasteiger partial charge is 0.377 e. The minimum absolute atomic E-state index is 0.220. The topological polar surface area (TPSA) is 56.3 Å². The van der Waals surface area contributed by atoms with Gasteiger partial charge >= 0.3 is 0 Å². The zero-order chi connectivity index (χ0) is 14.0. The molecule has 0 aromatic carbocycles. The fourth-order valence-electron chi connectivity index (χ4n) is 3.10. The maximum Gasteiger partial charge on any atom is 0.0703 e. The quantitative estimate of drug-likeness (QED) is 0.867. The van der Waals surface area contributed by atoms with Crippen molar-refractivity contribution in [2.45, 2.75) is 44.9 Å². The Morgan fingerprint density at radius 1 is 1.63 bits per heavy atom. The van der Waals surface area contributed by atoms with Crippen molar-refractivity contribution < 1.29 is 4.74 Å². The SMILES string of the molecule is CCc1nn(C)cc1C(CN)N(C)C1CCOC1C. The predicted octanol–water partition coefficient (Wildman–Crippen LogP) is 1.09. The zero-order valence-corrected chi connectivity index (χ0v) is 12.5. The number of nitrogens with zero attached hydrogens (tertiary/aromatic N) is 3. The molecule has 2 heterocycles. The van der Waals surface area contributed by atoms with Crippen LogP contribution in [0, 0.1) is 0 Å². The normalized spacial score (nSPS) is 25.2. The lowest BCUT2D eigenvalue weighted by atomic mass is 10.0. The van der Waals surface area contributed by atoms with Gasteiger partial charge in [-0.15, -0.1) is 0 Å². The van der Waals surface area contributed by atoms with Gasteiger partial charge in [-0.2, -0.15) is 5.10 Å². The Kier molecular flexibility index (Phi) is 4.60. The Morgan fingerprint density at radius 2 is 2.37 bits per heavy atom. The van der Waals surface area contributed by atoms with Crippen molar-refractivity contribution in [3.8, 4) is 0 Å². The lowest BCUT2D eigenvalue weighted by Gasteiger charge is -2.33. The van der Waals surface area contributed by atoms with Crippen LogP contribution in [0.1, 0.15) is 37.6 Å². The molecule has 0 amide bonds. The third-order valence-corrected chi connectivity index (χ3v) is 4.21. The number of ether oxygens (including phenoxy) is 1. The fraction of sp³-hybridized carbons (Fsp3) is 0.786. The van der Waals surface area contributed by atoms with Crippen molar-refractivity contribution in [2.24, 2.45) is 12.8 Å². The summed E-state index contributed by atoms with van der Waals surface area (Å²) in [5.74, 6) is 0. The van der Waals surface area contributed by atoms with Gasteiger partial charge in [0.15, 0.2) is 0 Å². The first kappa shape index (κ1) is 14.5. The molecular formula is C14H26N4O. The van der Waals surface area contributed by atoms with E-state index in [2.05, 4.69) is 37.1 Å². The van der Waals surface area contributed by atoms with Crippen LogP contribution in [0.2, 0.25) is 0 Å². The molecule has 108 valence electrons. The third kappa shape index (κ3) is 2.83. The van der Waals surface area contributed by atoms with Crippen LogP contribution in [0.4, 0.5) is 0 Å². The number of aryl methyl sites for hydroxylation is 2. The first-order valence-corrected chi connectivity index (χ1v) is 7.14. The van der Waals surface area contributed by atoms with Crippen LogP contribution >= 0.6 is 0 Å². The summed E-state index contributed by atoms with van der Waals surface area (Å²) in [5.41, 5.74) is 8.44. The van der Waals surface area contributed by atoms with Crippen LogP contribution in [0.5, 0.6) is 0 Å². The molecule has 1 aromatic heterocycles. The van der Waals surface area contributed by atoms with E-state index < -0.39 is 0 Å². The molecule has 0 aliphatic carbocycles. The molecule has 0 radical (unpaired) electrons. The molecule has 0 bridgehead atoms. The van der Waals surface area contributed by atoms with Crippen molar-refractivity contribution >= 4 is 0 Å². The summed E-state index contributed by atoms with van der Waals surface area (Å²) in [4.78, 5) is 2.37. The Labute approximate surface area is 115 Å². The van der Waals surface area contributed by atoms with Crippen molar-refractivity contribution in [3.63, 3.8) is 0 Å². The van der Waals surface area contributed by atoms with Gasteiger partial charge in [-0.3, -0.25) is 9.58 Å². The molecule has 1 aliphatic rings. The second-order valence-electron chi connectivity index (χ2n) is 5.41. The summed E-state index contributed by atoms with van der Waals surface area (Å²) in [6, 6.07) is 0.663. The van der Waals surface area contributed by atoms with Crippen LogP contribution in [-0.2, 0) is 18.2 Å². The van der Waals surface area contributed by atoms with E-state index in [1.807, 2.05) is 11.7 Å². The first-order chi connectivity index (χ1) is 9.08. The molecular weight excluding hydrogens is 240 g/mol. The highest BCUT2D eigenvalue weighted by Crippen LogP contribution is 2.28. The highest BCUT2D eigenvalue weighted by molar-refractivity contribution is 5.22. The second-order valence-corrected chi connectivity index (χ2v) is 5.41. The minimum atomic E-state index is 0.220. The smallest absolute Gasteiger partial charge is 0.0703 e. The van der Waals surface area contributed by atoms with E-state index in [0.717, 1.165) is 25.1 Å². The van der Waals surface area contributed by atoms with E-state index in [4.69, 9.17) is 10.5 Å². The maximum absolute atomic E-state index is 6.03. The van der Waals surface area contributed by atoms with Crippen molar-refractivity contribution in [1.29, 1.82) is 0 Å². The number of hydrogen-bond donors (Lipinski definition) is 1. The van der Waals surface area contributed by atoms with Gasteiger partial charge in [0.25, 0.3) is 0 Å². The molecule has 2 N–H and O–H groups in total. The molecule has 3 atom stereocenters. The molecule has 5 heteroatoms. The molecule has 1 saturated heterocycles. The highest BCUT2D eigenvalue weighted by atomic mass is 16.5. The number of hydrogen-bond acceptors (Lipinski definition) is 4. The molecule has 5 nitrogen and oxygen atoms in total. The van der Waals surface area contributed by atoms with Gasteiger partial charge in [0.1, 0.15) is 0 Å². The van der Waals surface area contributed by atoms with Gasteiger partial charge in [-0.05, 0) is 26.8 Å². The van der Waals surface area contributed by atoms with E-state index in [9.17, 15) is 0 Å². The lowest BCUT2D eigenvalue weighted by Crippen LogP contribution is -2.42. The Morgan fingerprint density at radius 3 is 2.89 bits per heavy atom. The number of likely N-dealkylation sites (N-methyl/N-ethyl adjacent to an activating group) is 1. The van der Waals surface area contributed by atoms with E-state index in [-0.39, 0.29) is 12.1 Å². The lowest BCUT2D eigenvalue weighted by molar-refractivity contribution is 0.0684. The maximum atomic E-state index is 6.03. The van der Waals surface area contributed by atoms with Crippen molar-refractivity contribution in [3.05, 3.63) is 17.5 Å². The Hall–Kier alpha value is -0.910. The molecule has 0 saturated carbocycles. The third-order valence-electron chi connectivity index (χ3n) is 4.21. The van der Waals surface area contributed by atoms with Gasteiger partial charge in [-0.25, -0.2) is 0 Å². The van der Waals surface area contributed by atoms with E-state index in [0.29, 0.717) is 12.6 Å². The summed E-state index contributed by atoms with van der Waals surface area (Å²) in [6.07, 6.45) is 4.40. The van der Waals surface area contributed by atoms with Crippen LogP contribution in [0.15, 0.2) is 6.20 Å². The molecule has 19 heavy (non-hydrogen) atoms. The second kappa shape index (κ2) is 6.03. The average molecular weight is 266 g/mol. The molecule has 1 aliphatic heterocycles. The van der Waals surface area contributed by atoms with E-state index >= 15 is 0 Å². The van der Waals surface area contributed by atoms with Gasteiger partial charge in [0.2, 0.25) is 0 Å². The average Bonchev–Trinajstić information content (AvgIpc) is 2.96. The standard InChI is InChI=1S/C14H26N4O/c1-5-12-11(9-17(3)16-12)14(8-15)18(4)13-6-7-19-10(13)2/h9-10,13-14H,5-8,15H2,1-4H3. The van der Waals surface area contributed by atoms with Gasteiger partial charge in [-0.1, -0.05) is 6.92 Å². The molecule has 1 aromatic rings. The minimum Gasteiger partial charge on any atom is -0.377 e. The van der Waals surface area contributed by atoms with Crippen LogP contribution in [-0.4, -0.2) is 47.0 Å². The molecule has 0 spiro atoms. The first-order valence-electron chi connectivity index (χ1n) is 7.14. The number of rotatable bonds is 5. The van der Waals surface area contributed by atoms with Crippen LogP contribution in [0.25, 0.3) is 0 Å². The molecule has 1 fully saturated rings. The summed E-state index contributed by atoms with van der Waals surface area (Å²) in [5, 5.41) is 4.53. The molecule has 3 unspecified atom stereocenters. The van der Waals surface area contributed by atoms with Gasteiger partial charge in [0.05, 0.1) is 17.8 Å². The van der Waals surface area contributed by atoms with Crippen LogP contribution in [0.3, 0.4) is 0 Å². The monoisotopic (exact) mass is 266 g/mol. The number of aromatic nitrogens is 2. The number of nitrogens with two attached hydrogens (primary N) is 1. The molecule has 2 rings (SSSR count). The summed E-state index contributed by atoms with van der Waals surface area (Å²) in [7, 11) is 4.12. The fourth-order valence-corrected chi connectivity index (χ4v) is 3.10. The summed E-state index contributed by atoms with van der Waals surface area (Å²) >= 11 is 0. The van der Waals surface area contributed by atoms with Crippen molar-refractivity contribution in [2.75, 3.05) is 20.2 Å².